The average Bonchev–Trinajstić information content (AvgIpc) is 3.00. The zero-order valence-electron chi connectivity index (χ0n) is 26.1. The largest absolute Gasteiger partial charge is 0.468 e. The third-order valence-corrected chi connectivity index (χ3v) is 10.2. The maximum absolute atomic E-state index is 14.4. The SMILES string of the molecule is COC(=O)[C@]12C[C@H](CC(=O)N3CCC(c4ccccc4)CC3)C(=O)N(Cc3ccc(Cl)cc3Cl)C1=C[C@H](C(C)(C)C)O[C@@H]2C. The summed E-state index contributed by atoms with van der Waals surface area (Å²) in [6.45, 7) is 9.41. The molecule has 4 atom stereocenters. The maximum Gasteiger partial charge on any atom is 0.320 e. The Labute approximate surface area is 270 Å². The number of piperidine rings is 2. The van der Waals surface area contributed by atoms with Crippen LogP contribution in [0.2, 0.25) is 10.0 Å². The van der Waals surface area contributed by atoms with Crippen LogP contribution in [0.3, 0.4) is 0 Å². The molecule has 0 N–H and O–H groups in total. The van der Waals surface area contributed by atoms with Crippen molar-refractivity contribution in [3.05, 3.63) is 81.5 Å². The number of likely N-dealkylation sites (tertiary alicyclic amines) is 2. The normalized spacial score (nSPS) is 26.2. The number of carbonyl (C=O) groups is 3. The van der Waals surface area contributed by atoms with E-state index in [0.29, 0.717) is 40.3 Å². The molecule has 236 valence electrons. The summed E-state index contributed by atoms with van der Waals surface area (Å²) in [6, 6.07) is 15.5. The summed E-state index contributed by atoms with van der Waals surface area (Å²) >= 11 is 12.8. The molecule has 2 fully saturated rings. The number of halogens is 2. The molecule has 2 aromatic carbocycles. The van der Waals surface area contributed by atoms with Gasteiger partial charge >= 0.3 is 5.97 Å². The van der Waals surface area contributed by atoms with E-state index < -0.39 is 23.4 Å². The monoisotopic (exact) mass is 640 g/mol. The van der Waals surface area contributed by atoms with Crippen LogP contribution in [-0.4, -0.2) is 60.0 Å². The smallest absolute Gasteiger partial charge is 0.320 e. The van der Waals surface area contributed by atoms with E-state index >= 15 is 0 Å². The molecule has 7 nitrogen and oxygen atoms in total. The lowest BCUT2D eigenvalue weighted by atomic mass is 9.65. The summed E-state index contributed by atoms with van der Waals surface area (Å²) < 4.78 is 11.9. The number of carbonyl (C=O) groups excluding carboxylic acids is 3. The molecule has 3 aliphatic rings. The zero-order chi connectivity index (χ0) is 31.8. The summed E-state index contributed by atoms with van der Waals surface area (Å²) in [5.41, 5.74) is 0.957. The summed E-state index contributed by atoms with van der Waals surface area (Å²) in [7, 11) is 1.35. The van der Waals surface area contributed by atoms with Gasteiger partial charge in [-0.25, -0.2) is 0 Å². The van der Waals surface area contributed by atoms with Crippen molar-refractivity contribution in [3.63, 3.8) is 0 Å². The average molecular weight is 642 g/mol. The van der Waals surface area contributed by atoms with Crippen LogP contribution in [0.4, 0.5) is 0 Å². The fourth-order valence-electron chi connectivity index (χ4n) is 6.95. The first-order valence-corrected chi connectivity index (χ1v) is 16.1. The highest BCUT2D eigenvalue weighted by atomic mass is 35.5. The number of amides is 2. The molecule has 2 saturated heterocycles. The lowest BCUT2D eigenvalue weighted by Gasteiger charge is -2.53. The Morgan fingerprint density at radius 2 is 1.75 bits per heavy atom. The molecule has 5 rings (SSSR count). The van der Waals surface area contributed by atoms with E-state index in [1.807, 2.05) is 36.1 Å². The van der Waals surface area contributed by atoms with Gasteiger partial charge in [-0.1, -0.05) is 80.4 Å². The summed E-state index contributed by atoms with van der Waals surface area (Å²) in [5.74, 6) is -1.11. The van der Waals surface area contributed by atoms with Gasteiger partial charge in [0.25, 0.3) is 0 Å². The van der Waals surface area contributed by atoms with Gasteiger partial charge in [0, 0.05) is 41.2 Å². The van der Waals surface area contributed by atoms with Crippen LogP contribution in [0.15, 0.2) is 60.3 Å². The number of ether oxygens (including phenoxy) is 2. The standard InChI is InChI=1S/C35H42Cl2N2O5/c1-22-35(33(42)43-5)20-26(17-31(40)38-15-13-24(14-16-38)23-9-7-6-8-10-23)32(41)39(21-25-11-12-27(36)18-28(25)37)29(35)19-30(44-22)34(2,3)4/h6-12,18-19,22,24,26,30H,13-17,20-21H2,1-5H3/t22-,26+,30-,35+/m1/s1. The second-order valence-electron chi connectivity index (χ2n) is 13.4. The number of fused-ring (bicyclic) bond motifs is 1. The van der Waals surface area contributed by atoms with E-state index in [0.717, 1.165) is 12.8 Å². The van der Waals surface area contributed by atoms with Gasteiger partial charge in [-0.3, -0.25) is 14.4 Å². The molecule has 0 spiro atoms. The van der Waals surface area contributed by atoms with E-state index in [-0.39, 0.29) is 42.7 Å². The van der Waals surface area contributed by atoms with Crippen LogP contribution in [0.5, 0.6) is 0 Å². The van der Waals surface area contributed by atoms with E-state index in [1.165, 1.54) is 12.7 Å². The van der Waals surface area contributed by atoms with E-state index in [1.54, 1.807) is 23.1 Å². The molecule has 0 aromatic heterocycles. The highest BCUT2D eigenvalue weighted by Gasteiger charge is 2.60. The Bertz CT molecular complexity index is 1430. The first-order valence-electron chi connectivity index (χ1n) is 15.4. The lowest BCUT2D eigenvalue weighted by Crippen LogP contribution is -2.61. The number of nitrogens with zero attached hydrogens (tertiary/aromatic N) is 2. The van der Waals surface area contributed by atoms with E-state index in [2.05, 4.69) is 32.9 Å². The molecule has 0 aliphatic carbocycles. The van der Waals surface area contributed by atoms with Crippen LogP contribution >= 0.6 is 23.2 Å². The second kappa shape index (κ2) is 12.9. The number of hydrogen-bond acceptors (Lipinski definition) is 5. The summed E-state index contributed by atoms with van der Waals surface area (Å²) in [6.07, 6.45) is 2.80. The van der Waals surface area contributed by atoms with Gasteiger partial charge < -0.3 is 19.3 Å². The molecular formula is C35H42Cl2N2O5. The van der Waals surface area contributed by atoms with Crippen LogP contribution in [0.1, 0.15) is 70.4 Å². The van der Waals surface area contributed by atoms with Crippen LogP contribution in [-0.2, 0) is 30.4 Å². The third kappa shape index (κ3) is 6.29. The highest BCUT2D eigenvalue weighted by molar-refractivity contribution is 6.35. The molecule has 0 bridgehead atoms. The van der Waals surface area contributed by atoms with Crippen LogP contribution < -0.4 is 0 Å². The third-order valence-electron chi connectivity index (χ3n) is 9.57. The molecule has 3 heterocycles. The van der Waals surface area contributed by atoms with E-state index in [4.69, 9.17) is 32.7 Å². The van der Waals surface area contributed by atoms with Crippen molar-refractivity contribution in [2.75, 3.05) is 20.2 Å². The molecule has 2 aromatic rings. The minimum atomic E-state index is -1.27. The number of methoxy groups -OCH3 is 1. The van der Waals surface area contributed by atoms with Crippen molar-refractivity contribution in [2.24, 2.45) is 16.7 Å². The minimum Gasteiger partial charge on any atom is -0.468 e. The Kier molecular flexibility index (Phi) is 9.50. The number of rotatable bonds is 6. The Morgan fingerprint density at radius 1 is 1.07 bits per heavy atom. The molecule has 9 heteroatoms. The Balaban J connectivity index is 1.47. The fourth-order valence-corrected chi connectivity index (χ4v) is 7.42. The highest BCUT2D eigenvalue weighted by Crippen LogP contribution is 2.52. The first-order chi connectivity index (χ1) is 20.8. The van der Waals surface area contributed by atoms with Gasteiger partial charge in [-0.15, -0.1) is 0 Å². The molecule has 0 radical (unpaired) electrons. The molecule has 44 heavy (non-hydrogen) atoms. The Morgan fingerprint density at radius 3 is 2.36 bits per heavy atom. The second-order valence-corrected chi connectivity index (χ2v) is 14.3. The maximum atomic E-state index is 14.4. The zero-order valence-corrected chi connectivity index (χ0v) is 27.7. The molecule has 3 aliphatic heterocycles. The van der Waals surface area contributed by atoms with Gasteiger partial charge in [0.2, 0.25) is 11.8 Å². The van der Waals surface area contributed by atoms with Crippen LogP contribution in [0.25, 0.3) is 0 Å². The van der Waals surface area contributed by atoms with Crippen molar-refractivity contribution in [3.8, 4) is 0 Å². The van der Waals surface area contributed by atoms with Gasteiger partial charge in [-0.2, -0.15) is 0 Å². The minimum absolute atomic E-state index is 0.00112. The lowest BCUT2D eigenvalue weighted by molar-refractivity contribution is -0.180. The predicted molar refractivity (Wildman–Crippen MR) is 171 cm³/mol. The van der Waals surface area contributed by atoms with Gasteiger partial charge in [0.1, 0.15) is 5.41 Å². The molecule has 0 unspecified atom stereocenters. The van der Waals surface area contributed by atoms with Crippen molar-refractivity contribution < 1.29 is 23.9 Å². The number of esters is 1. The topological polar surface area (TPSA) is 76.2 Å². The summed E-state index contributed by atoms with van der Waals surface area (Å²) in [4.78, 5) is 45.4. The predicted octanol–water partition coefficient (Wildman–Crippen LogP) is 7.01. The molecule has 2 amide bonds. The fraction of sp³-hybridized carbons (Fsp3) is 0.514. The number of hydrogen-bond donors (Lipinski definition) is 0. The molecule has 0 saturated carbocycles. The van der Waals surface area contributed by atoms with Crippen molar-refractivity contribution in [2.45, 2.75) is 78.0 Å². The van der Waals surface area contributed by atoms with Gasteiger partial charge in [0.05, 0.1) is 25.9 Å². The summed E-state index contributed by atoms with van der Waals surface area (Å²) in [5, 5.41) is 0.903. The van der Waals surface area contributed by atoms with Crippen molar-refractivity contribution in [1.82, 2.24) is 9.80 Å². The Hall–Kier alpha value is -2.87. The number of benzene rings is 2. The van der Waals surface area contributed by atoms with Crippen LogP contribution in [0, 0.1) is 16.7 Å². The van der Waals surface area contributed by atoms with Crippen molar-refractivity contribution in [1.29, 1.82) is 0 Å². The van der Waals surface area contributed by atoms with E-state index in [9.17, 15) is 14.4 Å². The van der Waals surface area contributed by atoms with Gasteiger partial charge in [-0.05, 0) is 66.9 Å². The quantitative estimate of drug-likeness (QED) is 0.317. The van der Waals surface area contributed by atoms with Gasteiger partial charge in [0.15, 0.2) is 0 Å². The molecular weight excluding hydrogens is 599 g/mol. The first kappa shape index (κ1) is 32.5. The van der Waals surface area contributed by atoms with Crippen molar-refractivity contribution >= 4 is 41.0 Å².